The van der Waals surface area contributed by atoms with Gasteiger partial charge in [-0.05, 0) is 36.6 Å². The lowest BCUT2D eigenvalue weighted by Gasteiger charge is -2.05. The molecule has 2 aromatic rings. The van der Waals surface area contributed by atoms with E-state index in [-0.39, 0.29) is 6.03 Å². The highest BCUT2D eigenvalue weighted by molar-refractivity contribution is 6.32. The smallest absolute Gasteiger partial charge is 0.318 e. The van der Waals surface area contributed by atoms with Crippen molar-refractivity contribution < 1.29 is 4.79 Å². The first-order chi connectivity index (χ1) is 10.6. The Bertz CT molecular complexity index is 650. The highest BCUT2D eigenvalue weighted by Gasteiger charge is 1.98. The van der Waals surface area contributed by atoms with E-state index in [1.807, 2.05) is 24.3 Å². The van der Waals surface area contributed by atoms with Crippen LogP contribution < -0.4 is 10.6 Å². The third-order valence-electron chi connectivity index (χ3n) is 3.20. The van der Waals surface area contributed by atoms with Crippen LogP contribution in [0.15, 0.2) is 54.7 Å². The number of halogens is 1. The van der Waals surface area contributed by atoms with Crippen LogP contribution in [0.4, 0.5) is 4.79 Å². The fraction of sp³-hybridized carbons (Fsp3) is 0.167. The number of rotatable bonds is 5. The Morgan fingerprint density at radius 1 is 1.14 bits per heavy atom. The molecule has 2 amide bonds. The maximum Gasteiger partial charge on any atom is 0.318 e. The lowest BCUT2D eigenvalue weighted by atomic mass is 10.1. The van der Waals surface area contributed by atoms with E-state index in [9.17, 15) is 4.79 Å². The maximum atomic E-state index is 11.7. The Labute approximate surface area is 136 Å². The molecule has 114 valence electrons. The van der Waals surface area contributed by atoms with Crippen molar-refractivity contribution in [3.05, 3.63) is 76.4 Å². The quantitative estimate of drug-likeness (QED) is 0.854. The number of carbonyl (C=O) groups excluding carboxylic acids is 1. The van der Waals surface area contributed by atoms with E-state index in [1.54, 1.807) is 12.3 Å². The van der Waals surface area contributed by atoms with Crippen molar-refractivity contribution in [2.45, 2.75) is 13.3 Å². The molecule has 0 aromatic heterocycles. The van der Waals surface area contributed by atoms with E-state index < -0.39 is 0 Å². The molecule has 0 aliphatic rings. The van der Waals surface area contributed by atoms with Gasteiger partial charge >= 0.3 is 6.03 Å². The number of nitrogens with one attached hydrogen (secondary N) is 2. The molecule has 4 heteroatoms. The number of hydrogen-bond donors (Lipinski definition) is 2. The Morgan fingerprint density at radius 2 is 1.86 bits per heavy atom. The van der Waals surface area contributed by atoms with E-state index in [1.165, 1.54) is 11.1 Å². The molecule has 0 spiro atoms. The van der Waals surface area contributed by atoms with Gasteiger partial charge in [0.15, 0.2) is 0 Å². The van der Waals surface area contributed by atoms with Gasteiger partial charge in [0.25, 0.3) is 0 Å². The third kappa shape index (κ3) is 5.26. The van der Waals surface area contributed by atoms with Crippen molar-refractivity contribution >= 4 is 23.7 Å². The van der Waals surface area contributed by atoms with Crippen LogP contribution >= 0.6 is 11.6 Å². The SMILES string of the molecule is Cc1ccc(CCNC(=O)N/C=C/c2ccccc2Cl)cc1. The van der Waals surface area contributed by atoms with Crippen LogP contribution in [-0.2, 0) is 6.42 Å². The second-order valence-corrected chi connectivity index (χ2v) is 5.40. The summed E-state index contributed by atoms with van der Waals surface area (Å²) in [6, 6.07) is 15.5. The fourth-order valence-electron chi connectivity index (χ4n) is 1.94. The van der Waals surface area contributed by atoms with Crippen molar-refractivity contribution in [3.8, 4) is 0 Å². The summed E-state index contributed by atoms with van der Waals surface area (Å²) in [5.41, 5.74) is 3.31. The lowest BCUT2D eigenvalue weighted by Crippen LogP contribution is -2.33. The van der Waals surface area contributed by atoms with Gasteiger partial charge in [-0.25, -0.2) is 4.79 Å². The largest absolute Gasteiger partial charge is 0.338 e. The minimum Gasteiger partial charge on any atom is -0.338 e. The Morgan fingerprint density at radius 3 is 2.59 bits per heavy atom. The van der Waals surface area contributed by atoms with E-state index in [4.69, 9.17) is 11.6 Å². The van der Waals surface area contributed by atoms with Gasteiger partial charge in [-0.3, -0.25) is 0 Å². The molecule has 22 heavy (non-hydrogen) atoms. The minimum absolute atomic E-state index is 0.226. The second-order valence-electron chi connectivity index (χ2n) is 4.99. The highest BCUT2D eigenvalue weighted by Crippen LogP contribution is 2.15. The molecule has 0 aliphatic heterocycles. The molecule has 2 aromatic carbocycles. The van der Waals surface area contributed by atoms with Gasteiger partial charge in [0.1, 0.15) is 0 Å². The maximum absolute atomic E-state index is 11.7. The summed E-state index contributed by atoms with van der Waals surface area (Å²) in [7, 11) is 0. The molecule has 2 rings (SSSR count). The molecule has 0 fully saturated rings. The monoisotopic (exact) mass is 314 g/mol. The molecule has 2 N–H and O–H groups in total. The van der Waals surface area contributed by atoms with Crippen molar-refractivity contribution in [1.29, 1.82) is 0 Å². The van der Waals surface area contributed by atoms with Gasteiger partial charge in [-0.15, -0.1) is 0 Å². The Kier molecular flexibility index (Phi) is 6.04. The number of aryl methyl sites for hydroxylation is 1. The van der Waals surface area contributed by atoms with Crippen molar-refractivity contribution in [2.75, 3.05) is 6.54 Å². The highest BCUT2D eigenvalue weighted by atomic mass is 35.5. The van der Waals surface area contributed by atoms with Crippen LogP contribution in [-0.4, -0.2) is 12.6 Å². The predicted molar refractivity (Wildman–Crippen MR) is 91.9 cm³/mol. The van der Waals surface area contributed by atoms with E-state index in [0.717, 1.165) is 12.0 Å². The van der Waals surface area contributed by atoms with Gasteiger partial charge in [0.05, 0.1) is 0 Å². The first-order valence-electron chi connectivity index (χ1n) is 7.16. The van der Waals surface area contributed by atoms with Crippen molar-refractivity contribution in [2.24, 2.45) is 0 Å². The van der Waals surface area contributed by atoms with Crippen molar-refractivity contribution in [1.82, 2.24) is 10.6 Å². The third-order valence-corrected chi connectivity index (χ3v) is 3.55. The molecule has 0 aliphatic carbocycles. The van der Waals surface area contributed by atoms with E-state index in [0.29, 0.717) is 11.6 Å². The summed E-state index contributed by atoms with van der Waals surface area (Å²) in [5.74, 6) is 0. The summed E-state index contributed by atoms with van der Waals surface area (Å²) in [6.45, 7) is 2.65. The minimum atomic E-state index is -0.226. The number of hydrogen-bond acceptors (Lipinski definition) is 1. The molecule has 0 heterocycles. The summed E-state index contributed by atoms with van der Waals surface area (Å²) < 4.78 is 0. The summed E-state index contributed by atoms with van der Waals surface area (Å²) in [6.07, 6.45) is 4.16. The molecule has 0 atom stereocenters. The van der Waals surface area contributed by atoms with Gasteiger partial charge in [0.2, 0.25) is 0 Å². The van der Waals surface area contributed by atoms with Crippen LogP contribution in [0.3, 0.4) is 0 Å². The first-order valence-corrected chi connectivity index (χ1v) is 7.54. The number of carbonyl (C=O) groups is 1. The predicted octanol–water partition coefficient (Wildman–Crippen LogP) is 4.16. The van der Waals surface area contributed by atoms with Crippen LogP contribution in [0.1, 0.15) is 16.7 Å². The standard InChI is InChI=1S/C18H19ClN2O/c1-14-6-8-15(9-7-14)10-12-20-18(22)21-13-11-16-4-2-3-5-17(16)19/h2-9,11,13H,10,12H2,1H3,(H2,20,21,22)/b13-11+. The number of urea groups is 1. The summed E-state index contributed by atoms with van der Waals surface area (Å²) in [5, 5.41) is 6.13. The molecule has 3 nitrogen and oxygen atoms in total. The molecule has 0 unspecified atom stereocenters. The molecular formula is C18H19ClN2O. The fourth-order valence-corrected chi connectivity index (χ4v) is 2.14. The molecular weight excluding hydrogens is 296 g/mol. The first kappa shape index (κ1) is 16.1. The van der Waals surface area contributed by atoms with E-state index in [2.05, 4.69) is 41.8 Å². The van der Waals surface area contributed by atoms with Gasteiger partial charge in [0, 0.05) is 17.8 Å². The average molecular weight is 315 g/mol. The van der Waals surface area contributed by atoms with Gasteiger partial charge in [-0.1, -0.05) is 59.6 Å². The summed E-state index contributed by atoms with van der Waals surface area (Å²) in [4.78, 5) is 11.7. The normalized spacial score (nSPS) is 10.6. The van der Waals surface area contributed by atoms with Crippen LogP contribution in [0.25, 0.3) is 6.08 Å². The van der Waals surface area contributed by atoms with Crippen LogP contribution in [0.5, 0.6) is 0 Å². The molecule has 0 saturated heterocycles. The average Bonchev–Trinajstić information content (AvgIpc) is 2.51. The Balaban J connectivity index is 1.72. The lowest BCUT2D eigenvalue weighted by molar-refractivity contribution is 0.244. The second kappa shape index (κ2) is 8.25. The Hall–Kier alpha value is -2.26. The zero-order valence-corrected chi connectivity index (χ0v) is 13.2. The molecule has 0 saturated carbocycles. The van der Waals surface area contributed by atoms with Crippen molar-refractivity contribution in [3.63, 3.8) is 0 Å². The number of benzene rings is 2. The zero-order valence-electron chi connectivity index (χ0n) is 12.5. The summed E-state index contributed by atoms with van der Waals surface area (Å²) >= 11 is 6.02. The molecule has 0 bridgehead atoms. The van der Waals surface area contributed by atoms with E-state index >= 15 is 0 Å². The van der Waals surface area contributed by atoms with Crippen LogP contribution in [0.2, 0.25) is 5.02 Å². The van der Waals surface area contributed by atoms with Gasteiger partial charge < -0.3 is 10.6 Å². The van der Waals surface area contributed by atoms with Crippen LogP contribution in [0, 0.1) is 6.92 Å². The molecule has 0 radical (unpaired) electrons. The topological polar surface area (TPSA) is 41.1 Å². The zero-order chi connectivity index (χ0) is 15.8. The number of amides is 2. The van der Waals surface area contributed by atoms with Gasteiger partial charge in [-0.2, -0.15) is 0 Å².